The normalized spacial score (nSPS) is 12.9. The molecule has 0 heterocycles. The van der Waals surface area contributed by atoms with E-state index in [1.54, 1.807) is 0 Å². The second-order valence-corrected chi connectivity index (χ2v) is 5.67. The number of rotatable bonds is 7. The number of carboxylic acids is 2. The SMILES string of the molecule is CCCCC(CC(C(=O)O)C(=O)O)C(C)(C)C.[Ca+2].[H-].[H-]. The van der Waals surface area contributed by atoms with Gasteiger partial charge in [0.15, 0.2) is 5.92 Å². The maximum Gasteiger partial charge on any atom is 2.00 e. The molecule has 0 amide bonds. The van der Waals surface area contributed by atoms with Crippen LogP contribution in [0.15, 0.2) is 0 Å². The maximum absolute atomic E-state index is 10.9. The molecule has 0 bridgehead atoms. The number of unbranched alkanes of at least 4 members (excludes halogenated alkanes) is 1. The molecule has 0 spiro atoms. The first-order valence-corrected chi connectivity index (χ1v) is 6.15. The van der Waals surface area contributed by atoms with Crippen molar-refractivity contribution < 1.29 is 22.7 Å². The largest absolute Gasteiger partial charge is 2.00 e. The predicted octanol–water partition coefficient (Wildman–Crippen LogP) is 2.86. The standard InChI is InChI=1S/C13H24O4.Ca.2H/c1-5-6-7-9(13(2,3)4)8-10(11(14)15)12(16)17;;;/h9-10H,5-8H2,1-4H3,(H,14,15)(H,16,17);;;/q;+2;2*-1. The number of hydrogen-bond donors (Lipinski definition) is 2. The second kappa shape index (κ2) is 9.16. The van der Waals surface area contributed by atoms with Gasteiger partial charge < -0.3 is 13.1 Å². The van der Waals surface area contributed by atoms with Crippen LogP contribution in [0.3, 0.4) is 0 Å². The molecule has 0 saturated heterocycles. The van der Waals surface area contributed by atoms with Crippen molar-refractivity contribution in [3.8, 4) is 0 Å². The van der Waals surface area contributed by atoms with Crippen LogP contribution < -0.4 is 0 Å². The van der Waals surface area contributed by atoms with Gasteiger partial charge in [-0.3, -0.25) is 9.59 Å². The van der Waals surface area contributed by atoms with Crippen molar-refractivity contribution in [1.29, 1.82) is 0 Å². The zero-order valence-corrected chi connectivity index (χ0v) is 14.1. The molecule has 0 radical (unpaired) electrons. The number of hydrogen-bond acceptors (Lipinski definition) is 2. The Balaban J connectivity index is -0.000000427. The Morgan fingerprint density at radius 2 is 1.61 bits per heavy atom. The number of aliphatic carboxylic acids is 2. The molecule has 104 valence electrons. The summed E-state index contributed by atoms with van der Waals surface area (Å²) in [5, 5.41) is 17.8. The third-order valence-corrected chi connectivity index (χ3v) is 3.25. The van der Waals surface area contributed by atoms with E-state index in [9.17, 15) is 9.59 Å². The molecule has 0 saturated carbocycles. The Bertz CT molecular complexity index is 266. The van der Waals surface area contributed by atoms with E-state index in [0.29, 0.717) is 0 Å². The van der Waals surface area contributed by atoms with Crippen LogP contribution in [0.4, 0.5) is 0 Å². The van der Waals surface area contributed by atoms with Crippen LogP contribution in [0.5, 0.6) is 0 Å². The fourth-order valence-corrected chi connectivity index (χ4v) is 1.95. The van der Waals surface area contributed by atoms with Gasteiger partial charge in [0.1, 0.15) is 0 Å². The van der Waals surface area contributed by atoms with Crippen molar-refractivity contribution >= 4 is 49.7 Å². The van der Waals surface area contributed by atoms with E-state index in [-0.39, 0.29) is 58.3 Å². The summed E-state index contributed by atoms with van der Waals surface area (Å²) in [4.78, 5) is 21.8. The minimum Gasteiger partial charge on any atom is -1.00 e. The van der Waals surface area contributed by atoms with E-state index in [4.69, 9.17) is 10.2 Å². The molecule has 18 heavy (non-hydrogen) atoms. The molecule has 1 unspecified atom stereocenters. The molecule has 0 aliphatic carbocycles. The van der Waals surface area contributed by atoms with Crippen LogP contribution in [0.25, 0.3) is 0 Å². The summed E-state index contributed by atoms with van der Waals surface area (Å²) in [6.07, 6.45) is 3.15. The average Bonchev–Trinajstić information content (AvgIpc) is 2.14. The third kappa shape index (κ3) is 7.59. The first-order valence-electron chi connectivity index (χ1n) is 6.15. The van der Waals surface area contributed by atoms with Crippen LogP contribution in [-0.4, -0.2) is 59.9 Å². The van der Waals surface area contributed by atoms with Gasteiger partial charge >= 0.3 is 49.7 Å². The van der Waals surface area contributed by atoms with Gasteiger partial charge in [-0.1, -0.05) is 40.5 Å². The fraction of sp³-hybridized carbons (Fsp3) is 0.846. The van der Waals surface area contributed by atoms with Crippen molar-refractivity contribution in [2.45, 2.75) is 53.4 Å². The first-order chi connectivity index (χ1) is 7.70. The van der Waals surface area contributed by atoms with Gasteiger partial charge in [0.05, 0.1) is 0 Å². The summed E-state index contributed by atoms with van der Waals surface area (Å²) in [7, 11) is 0. The summed E-state index contributed by atoms with van der Waals surface area (Å²) in [5.74, 6) is -3.62. The molecule has 1 atom stereocenters. The van der Waals surface area contributed by atoms with Crippen LogP contribution >= 0.6 is 0 Å². The summed E-state index contributed by atoms with van der Waals surface area (Å²) < 4.78 is 0. The number of carbonyl (C=O) groups is 2. The zero-order chi connectivity index (χ0) is 13.6. The van der Waals surface area contributed by atoms with Gasteiger partial charge in [0.2, 0.25) is 0 Å². The molecule has 0 aromatic carbocycles. The van der Waals surface area contributed by atoms with Gasteiger partial charge in [-0.2, -0.15) is 0 Å². The van der Waals surface area contributed by atoms with E-state index in [1.165, 1.54) is 0 Å². The van der Waals surface area contributed by atoms with Gasteiger partial charge in [0, 0.05) is 0 Å². The quantitative estimate of drug-likeness (QED) is 0.557. The molecule has 0 rings (SSSR count). The van der Waals surface area contributed by atoms with Crippen molar-refractivity contribution in [2.24, 2.45) is 17.3 Å². The Morgan fingerprint density at radius 1 is 1.17 bits per heavy atom. The van der Waals surface area contributed by atoms with E-state index >= 15 is 0 Å². The topological polar surface area (TPSA) is 74.6 Å². The summed E-state index contributed by atoms with van der Waals surface area (Å²) >= 11 is 0. The Hall–Kier alpha value is 0.200. The molecule has 0 aliphatic heterocycles. The van der Waals surface area contributed by atoms with Crippen LogP contribution in [-0.2, 0) is 9.59 Å². The van der Waals surface area contributed by atoms with Crippen LogP contribution in [0, 0.1) is 17.3 Å². The average molecular weight is 286 g/mol. The Labute approximate surface area is 142 Å². The van der Waals surface area contributed by atoms with Crippen LogP contribution in [0.2, 0.25) is 0 Å². The molecule has 2 N–H and O–H groups in total. The summed E-state index contributed by atoms with van der Waals surface area (Å²) in [6.45, 7) is 8.18. The summed E-state index contributed by atoms with van der Waals surface area (Å²) in [5.41, 5.74) is -0.0572. The molecule has 0 aromatic rings. The molecular weight excluding hydrogens is 260 g/mol. The van der Waals surface area contributed by atoms with Crippen LogP contribution in [0.1, 0.15) is 56.2 Å². The molecule has 0 aromatic heterocycles. The smallest absolute Gasteiger partial charge is 1.00 e. The summed E-state index contributed by atoms with van der Waals surface area (Å²) in [6, 6.07) is 0. The van der Waals surface area contributed by atoms with Crippen molar-refractivity contribution in [1.82, 2.24) is 0 Å². The Morgan fingerprint density at radius 3 is 1.89 bits per heavy atom. The van der Waals surface area contributed by atoms with E-state index in [2.05, 4.69) is 6.92 Å². The van der Waals surface area contributed by atoms with Crippen molar-refractivity contribution in [2.75, 3.05) is 0 Å². The fourth-order valence-electron chi connectivity index (χ4n) is 1.95. The van der Waals surface area contributed by atoms with Gasteiger partial charge in [-0.15, -0.1) is 0 Å². The van der Waals surface area contributed by atoms with E-state index < -0.39 is 17.9 Å². The van der Waals surface area contributed by atoms with Crippen molar-refractivity contribution in [3.63, 3.8) is 0 Å². The monoisotopic (exact) mass is 286 g/mol. The molecule has 4 nitrogen and oxygen atoms in total. The maximum atomic E-state index is 10.9. The Kier molecular flexibility index (Phi) is 10.4. The van der Waals surface area contributed by atoms with Gasteiger partial charge in [-0.05, 0) is 24.2 Å². The predicted molar refractivity (Wildman–Crippen MR) is 73.8 cm³/mol. The van der Waals surface area contributed by atoms with Gasteiger partial charge in [-0.25, -0.2) is 0 Å². The van der Waals surface area contributed by atoms with Gasteiger partial charge in [0.25, 0.3) is 0 Å². The second-order valence-electron chi connectivity index (χ2n) is 5.67. The zero-order valence-electron chi connectivity index (χ0n) is 13.9. The molecule has 0 fully saturated rings. The first kappa shape index (κ1) is 20.5. The molecule has 0 aliphatic rings. The minimum absolute atomic E-state index is 0. The third-order valence-electron chi connectivity index (χ3n) is 3.25. The van der Waals surface area contributed by atoms with E-state index in [0.717, 1.165) is 19.3 Å². The molecule has 5 heteroatoms. The van der Waals surface area contributed by atoms with E-state index in [1.807, 2.05) is 20.8 Å². The molecular formula is C13H26CaO4. The van der Waals surface area contributed by atoms with Crippen molar-refractivity contribution in [3.05, 3.63) is 0 Å². The minimum atomic E-state index is -1.28. The number of carboxylic acid groups (broad SMARTS) is 2.